The molecular weight excluding hydrogens is 459 g/mol. The number of nitrogens with two attached hydrogens (primary N) is 1. The van der Waals surface area contributed by atoms with Gasteiger partial charge in [0.1, 0.15) is 17.4 Å². The number of nitrogens with one attached hydrogen (secondary N) is 1. The van der Waals surface area contributed by atoms with E-state index in [9.17, 15) is 9.90 Å². The maximum Gasteiger partial charge on any atom is 0.451 e. The quantitative estimate of drug-likeness (QED) is 0.211. The van der Waals surface area contributed by atoms with Crippen molar-refractivity contribution >= 4 is 13.1 Å². The number of hydrogen-bond donors (Lipinski definition) is 5. The standard InChI is InChI=1S/C27H37BN2O6/c29-27(26(31)32,12-1-2-13-28(33)34)22-15-23(16-22)30-17-19-3-5-20(6-4-19)21-7-9-24(10-8-21)36-25-11-14-35-18-25/h3-10,22-23,25,30,33-34H,1-2,11-18,29H2,(H,31,32)/t22?,23?,25-,27?/m1/s1. The topological polar surface area (TPSA) is 134 Å². The molecule has 9 heteroatoms. The number of hydrogen-bond acceptors (Lipinski definition) is 7. The number of ether oxygens (including phenoxy) is 2. The van der Waals surface area contributed by atoms with Crippen molar-refractivity contribution < 1.29 is 29.4 Å². The molecule has 1 saturated carbocycles. The summed E-state index contributed by atoms with van der Waals surface area (Å²) in [5.74, 6) is -0.192. The van der Waals surface area contributed by atoms with E-state index in [2.05, 4.69) is 41.7 Å². The molecule has 2 aromatic rings. The van der Waals surface area contributed by atoms with Crippen LogP contribution in [0, 0.1) is 5.92 Å². The fraction of sp³-hybridized carbons (Fsp3) is 0.519. The Hall–Kier alpha value is -2.43. The molecule has 4 rings (SSSR count). The molecule has 2 atom stereocenters. The summed E-state index contributed by atoms with van der Waals surface area (Å²) >= 11 is 0. The zero-order valence-corrected chi connectivity index (χ0v) is 20.6. The molecule has 8 nitrogen and oxygen atoms in total. The van der Waals surface area contributed by atoms with Gasteiger partial charge in [0, 0.05) is 19.0 Å². The molecule has 2 fully saturated rings. The number of benzene rings is 2. The van der Waals surface area contributed by atoms with Crippen LogP contribution in [0.3, 0.4) is 0 Å². The van der Waals surface area contributed by atoms with Crippen LogP contribution in [-0.2, 0) is 16.1 Å². The Morgan fingerprint density at radius 1 is 1.08 bits per heavy atom. The smallest absolute Gasteiger partial charge is 0.451 e. The van der Waals surface area contributed by atoms with Crippen molar-refractivity contribution in [1.82, 2.24) is 5.32 Å². The van der Waals surface area contributed by atoms with Crippen LogP contribution in [0.25, 0.3) is 11.1 Å². The number of carboxylic acid groups (broad SMARTS) is 1. The highest BCUT2D eigenvalue weighted by Crippen LogP contribution is 2.38. The van der Waals surface area contributed by atoms with Gasteiger partial charge in [-0.3, -0.25) is 4.79 Å². The van der Waals surface area contributed by atoms with Crippen molar-refractivity contribution in [3.05, 3.63) is 54.1 Å². The molecule has 0 bridgehead atoms. The molecule has 36 heavy (non-hydrogen) atoms. The predicted molar refractivity (Wildman–Crippen MR) is 138 cm³/mol. The number of aliphatic carboxylic acids is 1. The van der Waals surface area contributed by atoms with Crippen LogP contribution in [0.15, 0.2) is 48.5 Å². The van der Waals surface area contributed by atoms with Crippen LogP contribution in [0.1, 0.15) is 44.1 Å². The lowest BCUT2D eigenvalue weighted by molar-refractivity contribution is -0.148. The van der Waals surface area contributed by atoms with E-state index in [1.807, 2.05) is 12.1 Å². The van der Waals surface area contributed by atoms with E-state index in [-0.39, 0.29) is 24.4 Å². The van der Waals surface area contributed by atoms with Gasteiger partial charge in [0.05, 0.1) is 13.2 Å². The lowest BCUT2D eigenvalue weighted by atomic mass is 9.66. The first-order valence-electron chi connectivity index (χ1n) is 12.9. The van der Waals surface area contributed by atoms with Gasteiger partial charge >= 0.3 is 13.1 Å². The first-order chi connectivity index (χ1) is 17.3. The van der Waals surface area contributed by atoms with Crippen molar-refractivity contribution in [3.63, 3.8) is 0 Å². The molecule has 1 heterocycles. The van der Waals surface area contributed by atoms with Crippen molar-refractivity contribution in [2.75, 3.05) is 13.2 Å². The van der Waals surface area contributed by atoms with Crippen LogP contribution < -0.4 is 15.8 Å². The van der Waals surface area contributed by atoms with Gasteiger partial charge in [0.15, 0.2) is 0 Å². The molecule has 2 aromatic carbocycles. The van der Waals surface area contributed by atoms with Crippen LogP contribution in [0.2, 0.25) is 6.32 Å². The van der Waals surface area contributed by atoms with Crippen molar-refractivity contribution in [2.45, 2.75) is 69.1 Å². The first-order valence-corrected chi connectivity index (χ1v) is 12.9. The molecule has 0 spiro atoms. The zero-order chi connectivity index (χ0) is 25.5. The maximum atomic E-state index is 11.9. The Bertz CT molecular complexity index is 975. The minimum atomic E-state index is -1.36. The van der Waals surface area contributed by atoms with Gasteiger partial charge in [-0.05, 0) is 60.3 Å². The third kappa shape index (κ3) is 6.86. The summed E-state index contributed by atoms with van der Waals surface area (Å²) in [6.45, 7) is 2.13. The summed E-state index contributed by atoms with van der Waals surface area (Å²) in [4.78, 5) is 11.9. The highest BCUT2D eigenvalue weighted by Gasteiger charge is 2.48. The Morgan fingerprint density at radius 2 is 1.75 bits per heavy atom. The van der Waals surface area contributed by atoms with Gasteiger partial charge in [-0.15, -0.1) is 0 Å². The van der Waals surface area contributed by atoms with Crippen molar-refractivity contribution in [3.8, 4) is 16.9 Å². The molecule has 1 saturated heterocycles. The Balaban J connectivity index is 1.21. The highest BCUT2D eigenvalue weighted by molar-refractivity contribution is 6.40. The molecular formula is C27H37BN2O6. The first kappa shape index (κ1) is 26.6. The van der Waals surface area contributed by atoms with Gasteiger partial charge in [-0.25, -0.2) is 0 Å². The van der Waals surface area contributed by atoms with Gasteiger partial charge in [0.2, 0.25) is 0 Å². The van der Waals surface area contributed by atoms with E-state index < -0.39 is 18.6 Å². The zero-order valence-electron chi connectivity index (χ0n) is 20.6. The second-order valence-electron chi connectivity index (χ2n) is 10.1. The largest absolute Gasteiger partial charge is 0.488 e. The molecule has 0 aromatic heterocycles. The molecule has 1 aliphatic heterocycles. The van der Waals surface area contributed by atoms with E-state index in [1.54, 1.807) is 0 Å². The summed E-state index contributed by atoms with van der Waals surface area (Å²) in [7, 11) is -1.36. The SMILES string of the molecule is NC(CCCCB(O)O)(C(=O)O)C1CC(NCc2ccc(-c3ccc(O[C@@H]4CCOC4)cc3)cc2)C1. The normalized spacial score (nSPS) is 23.0. The summed E-state index contributed by atoms with van der Waals surface area (Å²) < 4.78 is 11.3. The van der Waals surface area contributed by atoms with Gasteiger partial charge in [0.25, 0.3) is 0 Å². The number of rotatable bonds is 13. The third-order valence-corrected chi connectivity index (χ3v) is 7.49. The maximum absolute atomic E-state index is 11.9. The van der Waals surface area contributed by atoms with Gasteiger partial charge in [-0.1, -0.05) is 49.2 Å². The average Bonchev–Trinajstić information content (AvgIpc) is 3.34. The lowest BCUT2D eigenvalue weighted by Crippen LogP contribution is -2.61. The number of carboxylic acids is 1. The third-order valence-electron chi connectivity index (χ3n) is 7.49. The fourth-order valence-corrected chi connectivity index (χ4v) is 5.04. The number of unbranched alkanes of at least 4 members (excludes halogenated alkanes) is 1. The average molecular weight is 496 g/mol. The molecule has 0 amide bonds. The Labute approximate surface area is 213 Å². The second-order valence-corrected chi connectivity index (χ2v) is 10.1. The summed E-state index contributed by atoms with van der Waals surface area (Å²) in [6.07, 6.45) is 4.22. The predicted octanol–water partition coefficient (Wildman–Crippen LogP) is 2.81. The Morgan fingerprint density at radius 3 is 2.33 bits per heavy atom. The van der Waals surface area contributed by atoms with Crippen LogP contribution in [0.5, 0.6) is 5.75 Å². The molecule has 1 aliphatic carbocycles. The van der Waals surface area contributed by atoms with Gasteiger partial charge in [-0.2, -0.15) is 0 Å². The highest BCUT2D eigenvalue weighted by atomic mass is 16.5. The lowest BCUT2D eigenvalue weighted by Gasteiger charge is -2.45. The minimum Gasteiger partial charge on any atom is -0.488 e. The van der Waals surface area contributed by atoms with E-state index in [0.29, 0.717) is 32.4 Å². The Kier molecular flexibility index (Phi) is 9.03. The molecule has 6 N–H and O–H groups in total. The monoisotopic (exact) mass is 496 g/mol. The van der Waals surface area contributed by atoms with Crippen LogP contribution >= 0.6 is 0 Å². The van der Waals surface area contributed by atoms with E-state index in [1.165, 1.54) is 5.56 Å². The summed E-state index contributed by atoms with van der Waals surface area (Å²) in [6, 6.07) is 16.8. The molecule has 194 valence electrons. The van der Waals surface area contributed by atoms with E-state index in [4.69, 9.17) is 25.3 Å². The summed E-state index contributed by atoms with van der Waals surface area (Å²) in [5, 5.41) is 31.2. The second kappa shape index (κ2) is 12.2. The van der Waals surface area contributed by atoms with Gasteiger partial charge < -0.3 is 35.7 Å². The molecule has 1 unspecified atom stereocenters. The van der Waals surface area contributed by atoms with E-state index in [0.717, 1.165) is 42.7 Å². The van der Waals surface area contributed by atoms with E-state index >= 15 is 0 Å². The van der Waals surface area contributed by atoms with Crippen molar-refractivity contribution in [1.29, 1.82) is 0 Å². The fourth-order valence-electron chi connectivity index (χ4n) is 5.04. The minimum absolute atomic E-state index is 0.0814. The number of carbonyl (C=O) groups is 1. The molecule has 2 aliphatic rings. The van der Waals surface area contributed by atoms with Crippen LogP contribution in [-0.4, -0.2) is 59.1 Å². The van der Waals surface area contributed by atoms with Crippen molar-refractivity contribution in [2.24, 2.45) is 11.7 Å². The summed E-state index contributed by atoms with van der Waals surface area (Å²) in [5.41, 5.74) is 8.47. The van der Waals surface area contributed by atoms with Crippen LogP contribution in [0.4, 0.5) is 0 Å². The molecule has 0 radical (unpaired) electrons.